The van der Waals surface area contributed by atoms with Gasteiger partial charge in [-0.25, -0.2) is 9.97 Å². The van der Waals surface area contributed by atoms with Gasteiger partial charge in [-0.15, -0.1) is 0 Å². The van der Waals surface area contributed by atoms with Crippen LogP contribution in [0.25, 0.3) is 5.70 Å². The lowest BCUT2D eigenvalue weighted by atomic mass is 10.0. The molecule has 0 spiro atoms. The van der Waals surface area contributed by atoms with Crippen LogP contribution < -0.4 is 5.32 Å². The number of hydrogen-bond acceptors (Lipinski definition) is 3. The van der Waals surface area contributed by atoms with Gasteiger partial charge in [-0.1, -0.05) is 24.6 Å². The first kappa shape index (κ1) is 10.2. The maximum Gasteiger partial charge on any atom is 0.147 e. The molecule has 0 atom stereocenters. The summed E-state index contributed by atoms with van der Waals surface area (Å²) < 4.78 is 0. The van der Waals surface area contributed by atoms with Crippen molar-refractivity contribution < 1.29 is 0 Å². The van der Waals surface area contributed by atoms with Crippen LogP contribution in [0.15, 0.2) is 30.2 Å². The van der Waals surface area contributed by atoms with E-state index < -0.39 is 0 Å². The molecular formula is C11H12ClN3. The van der Waals surface area contributed by atoms with E-state index in [2.05, 4.69) is 28.3 Å². The van der Waals surface area contributed by atoms with Crippen LogP contribution in [0.3, 0.4) is 0 Å². The molecule has 0 saturated carbocycles. The van der Waals surface area contributed by atoms with Crippen molar-refractivity contribution in [1.82, 2.24) is 15.3 Å². The number of hydrogen-bond donors (Lipinski definition) is 1. The monoisotopic (exact) mass is 221 g/mol. The van der Waals surface area contributed by atoms with E-state index in [9.17, 15) is 0 Å². The Hall–Kier alpha value is -1.35. The highest BCUT2D eigenvalue weighted by atomic mass is 35.5. The Labute approximate surface area is 93.9 Å². The van der Waals surface area contributed by atoms with E-state index in [1.165, 1.54) is 5.57 Å². The molecule has 78 valence electrons. The third-order valence-corrected chi connectivity index (χ3v) is 2.56. The fourth-order valence-corrected chi connectivity index (χ4v) is 1.66. The van der Waals surface area contributed by atoms with Gasteiger partial charge in [0.1, 0.15) is 10.8 Å². The number of dihydropyridines is 1. The van der Waals surface area contributed by atoms with E-state index in [1.807, 2.05) is 6.20 Å². The van der Waals surface area contributed by atoms with Gasteiger partial charge in [0.05, 0.1) is 18.1 Å². The zero-order valence-electron chi connectivity index (χ0n) is 8.50. The second-order valence-electron chi connectivity index (χ2n) is 3.31. The molecule has 1 aliphatic heterocycles. The Morgan fingerprint density at radius 1 is 1.40 bits per heavy atom. The van der Waals surface area contributed by atoms with Crippen LogP contribution in [0.1, 0.15) is 25.5 Å². The molecule has 0 saturated heterocycles. The van der Waals surface area contributed by atoms with Gasteiger partial charge in [-0.05, 0) is 24.6 Å². The Morgan fingerprint density at radius 2 is 2.27 bits per heavy atom. The van der Waals surface area contributed by atoms with Gasteiger partial charge in [-0.2, -0.15) is 0 Å². The molecule has 0 amide bonds. The molecule has 0 fully saturated rings. The van der Waals surface area contributed by atoms with Crippen LogP contribution in [0.2, 0.25) is 5.15 Å². The summed E-state index contributed by atoms with van der Waals surface area (Å²) in [5, 5.41) is 3.63. The molecule has 2 rings (SSSR count). The van der Waals surface area contributed by atoms with Crippen molar-refractivity contribution in [2.24, 2.45) is 0 Å². The number of nitrogens with one attached hydrogen (secondary N) is 1. The fourth-order valence-electron chi connectivity index (χ4n) is 1.57. The highest BCUT2D eigenvalue weighted by Gasteiger charge is 2.10. The largest absolute Gasteiger partial charge is 0.360 e. The molecule has 0 aromatic carbocycles. The highest BCUT2D eigenvalue weighted by molar-refractivity contribution is 6.29. The van der Waals surface area contributed by atoms with Crippen molar-refractivity contribution >= 4 is 17.3 Å². The summed E-state index contributed by atoms with van der Waals surface area (Å²) in [5.41, 5.74) is 3.25. The Balaban J connectivity index is 2.36. The Morgan fingerprint density at radius 3 is 2.93 bits per heavy atom. The number of aromatic nitrogens is 2. The molecule has 3 nitrogen and oxygen atoms in total. The topological polar surface area (TPSA) is 37.8 Å². The molecule has 4 heteroatoms. The standard InChI is InChI=1S/C11H12ClN3/c1-2-8-4-3-5-13-11(8)9-6-15-10(12)7-14-9/h3,5-7,13H,2,4H2,1H3. The third kappa shape index (κ3) is 2.18. The molecule has 1 N–H and O–H groups in total. The zero-order chi connectivity index (χ0) is 10.7. The van der Waals surface area contributed by atoms with Crippen molar-refractivity contribution in [3.63, 3.8) is 0 Å². The molecule has 1 aliphatic rings. The Bertz CT molecular complexity index is 406. The predicted molar refractivity (Wildman–Crippen MR) is 61.1 cm³/mol. The van der Waals surface area contributed by atoms with Gasteiger partial charge in [0.2, 0.25) is 0 Å². The van der Waals surface area contributed by atoms with Gasteiger partial charge in [-0.3, -0.25) is 0 Å². The van der Waals surface area contributed by atoms with E-state index >= 15 is 0 Å². The van der Waals surface area contributed by atoms with Crippen LogP contribution >= 0.6 is 11.6 Å². The van der Waals surface area contributed by atoms with Crippen LogP contribution in [-0.4, -0.2) is 9.97 Å². The summed E-state index contributed by atoms with van der Waals surface area (Å²) in [4.78, 5) is 8.28. The van der Waals surface area contributed by atoms with Crippen molar-refractivity contribution in [2.75, 3.05) is 0 Å². The molecule has 0 radical (unpaired) electrons. The van der Waals surface area contributed by atoms with Crippen molar-refractivity contribution in [3.05, 3.63) is 41.1 Å². The van der Waals surface area contributed by atoms with E-state index in [0.29, 0.717) is 5.15 Å². The summed E-state index contributed by atoms with van der Waals surface area (Å²) in [5.74, 6) is 0. The first-order valence-electron chi connectivity index (χ1n) is 4.92. The van der Waals surface area contributed by atoms with E-state index in [0.717, 1.165) is 24.2 Å². The van der Waals surface area contributed by atoms with Crippen molar-refractivity contribution in [3.8, 4) is 0 Å². The fraction of sp³-hybridized carbons (Fsp3) is 0.273. The number of nitrogens with zero attached hydrogens (tertiary/aromatic N) is 2. The molecule has 0 aliphatic carbocycles. The zero-order valence-corrected chi connectivity index (χ0v) is 9.25. The van der Waals surface area contributed by atoms with Gasteiger partial charge >= 0.3 is 0 Å². The average Bonchev–Trinajstić information content (AvgIpc) is 2.30. The van der Waals surface area contributed by atoms with Crippen LogP contribution in [0.5, 0.6) is 0 Å². The average molecular weight is 222 g/mol. The van der Waals surface area contributed by atoms with Gasteiger partial charge in [0.15, 0.2) is 0 Å². The first-order chi connectivity index (χ1) is 7.31. The minimum Gasteiger partial charge on any atom is -0.360 e. The van der Waals surface area contributed by atoms with Gasteiger partial charge in [0, 0.05) is 0 Å². The smallest absolute Gasteiger partial charge is 0.147 e. The van der Waals surface area contributed by atoms with Gasteiger partial charge in [0.25, 0.3) is 0 Å². The lowest BCUT2D eigenvalue weighted by molar-refractivity contribution is 0.959. The maximum atomic E-state index is 5.70. The Kier molecular flexibility index (Phi) is 3.02. The second-order valence-corrected chi connectivity index (χ2v) is 3.69. The lowest BCUT2D eigenvalue weighted by Gasteiger charge is -2.16. The molecule has 2 heterocycles. The van der Waals surface area contributed by atoms with Gasteiger partial charge < -0.3 is 5.32 Å². The first-order valence-corrected chi connectivity index (χ1v) is 5.30. The lowest BCUT2D eigenvalue weighted by Crippen LogP contribution is -2.12. The molecule has 15 heavy (non-hydrogen) atoms. The van der Waals surface area contributed by atoms with Crippen molar-refractivity contribution in [2.45, 2.75) is 19.8 Å². The van der Waals surface area contributed by atoms with E-state index in [1.54, 1.807) is 12.4 Å². The quantitative estimate of drug-likeness (QED) is 0.835. The number of halogens is 1. The SMILES string of the molecule is CCC1=C(c2cnc(Cl)cn2)NC=CC1. The maximum absolute atomic E-state index is 5.70. The highest BCUT2D eigenvalue weighted by Crippen LogP contribution is 2.22. The van der Waals surface area contributed by atoms with Crippen LogP contribution in [0.4, 0.5) is 0 Å². The predicted octanol–water partition coefficient (Wildman–Crippen LogP) is 2.76. The molecule has 0 unspecified atom stereocenters. The van der Waals surface area contributed by atoms with Crippen LogP contribution in [-0.2, 0) is 0 Å². The van der Waals surface area contributed by atoms with E-state index in [4.69, 9.17) is 11.6 Å². The minimum atomic E-state index is 0.420. The summed E-state index contributed by atoms with van der Waals surface area (Å²) in [6.07, 6.45) is 9.28. The molecule has 1 aromatic heterocycles. The van der Waals surface area contributed by atoms with Crippen molar-refractivity contribution in [1.29, 1.82) is 0 Å². The van der Waals surface area contributed by atoms with Crippen LogP contribution in [0, 0.1) is 0 Å². The second kappa shape index (κ2) is 4.45. The normalized spacial score (nSPS) is 15.3. The summed E-state index contributed by atoms with van der Waals surface area (Å²) in [7, 11) is 0. The molecule has 0 bridgehead atoms. The summed E-state index contributed by atoms with van der Waals surface area (Å²) >= 11 is 5.70. The number of rotatable bonds is 2. The summed E-state index contributed by atoms with van der Waals surface area (Å²) in [6, 6.07) is 0. The number of allylic oxidation sites excluding steroid dienone is 2. The molecule has 1 aromatic rings. The van der Waals surface area contributed by atoms with E-state index in [-0.39, 0.29) is 0 Å². The minimum absolute atomic E-state index is 0.420. The molecular weight excluding hydrogens is 210 g/mol. The summed E-state index contributed by atoms with van der Waals surface area (Å²) in [6.45, 7) is 2.14. The third-order valence-electron chi connectivity index (χ3n) is 2.37.